The Bertz CT molecular complexity index is 677. The zero-order chi connectivity index (χ0) is 14.9. The van der Waals surface area contributed by atoms with Crippen LogP contribution >= 0.6 is 11.8 Å². The molecule has 7 nitrogen and oxygen atoms in total. The molecular weight excluding hydrogens is 282 g/mol. The summed E-state index contributed by atoms with van der Waals surface area (Å²) in [6.45, 7) is 3.55. The Morgan fingerprint density at radius 3 is 2.65 bits per heavy atom. The van der Waals surface area contributed by atoms with Gasteiger partial charge in [-0.2, -0.15) is 0 Å². The normalized spacial score (nSPS) is 10.5. The number of hydrogen-bond donors (Lipinski definition) is 1. The number of hydrogen-bond acceptors (Lipinski definition) is 6. The van der Waals surface area contributed by atoms with Crippen molar-refractivity contribution in [1.29, 1.82) is 0 Å². The van der Waals surface area contributed by atoms with E-state index in [1.165, 1.54) is 12.1 Å². The lowest BCUT2D eigenvalue weighted by molar-refractivity contribution is -0.387. The minimum Gasteiger partial charge on any atom is -0.436 e. The number of nitro groups is 1. The third-order valence-electron chi connectivity index (χ3n) is 2.65. The van der Waals surface area contributed by atoms with Crippen LogP contribution in [0.2, 0.25) is 0 Å². The van der Waals surface area contributed by atoms with Crippen LogP contribution in [0.3, 0.4) is 0 Å². The van der Waals surface area contributed by atoms with Gasteiger partial charge in [-0.3, -0.25) is 14.9 Å². The average molecular weight is 293 g/mol. The third kappa shape index (κ3) is 2.80. The van der Waals surface area contributed by atoms with E-state index in [1.807, 2.05) is 0 Å². The highest BCUT2D eigenvalue weighted by molar-refractivity contribution is 7.99. The molecule has 104 valence electrons. The van der Waals surface area contributed by atoms with E-state index in [0.717, 1.165) is 23.5 Å². The van der Waals surface area contributed by atoms with Gasteiger partial charge in [0.25, 0.3) is 10.9 Å². The fourth-order valence-corrected chi connectivity index (χ4v) is 2.39. The van der Waals surface area contributed by atoms with Crippen molar-refractivity contribution >= 4 is 23.4 Å². The van der Waals surface area contributed by atoms with Crippen molar-refractivity contribution in [3.63, 3.8) is 0 Å². The van der Waals surface area contributed by atoms with Crippen LogP contribution < -0.4 is 5.73 Å². The number of carbonyl (C=O) groups excluding carboxylic acids is 1. The molecule has 0 saturated heterocycles. The molecule has 0 saturated carbocycles. The Labute approximate surface area is 118 Å². The summed E-state index contributed by atoms with van der Waals surface area (Å²) in [4.78, 5) is 26.0. The number of benzene rings is 1. The molecule has 8 heteroatoms. The number of oxazole rings is 1. The lowest BCUT2D eigenvalue weighted by Crippen LogP contribution is -2.11. The van der Waals surface area contributed by atoms with Crippen LogP contribution in [-0.4, -0.2) is 15.8 Å². The second kappa shape index (κ2) is 5.33. The number of rotatable bonds is 4. The molecule has 2 N–H and O–H groups in total. The summed E-state index contributed by atoms with van der Waals surface area (Å²) in [6.07, 6.45) is 0. The van der Waals surface area contributed by atoms with E-state index in [-0.39, 0.29) is 11.3 Å². The van der Waals surface area contributed by atoms with Gasteiger partial charge in [-0.05, 0) is 37.7 Å². The van der Waals surface area contributed by atoms with Crippen LogP contribution in [0, 0.1) is 24.0 Å². The van der Waals surface area contributed by atoms with E-state index in [1.54, 1.807) is 13.8 Å². The minimum atomic E-state index is -0.715. The predicted molar refractivity (Wildman–Crippen MR) is 71.7 cm³/mol. The zero-order valence-electron chi connectivity index (χ0n) is 10.7. The topological polar surface area (TPSA) is 112 Å². The monoisotopic (exact) mass is 293 g/mol. The Morgan fingerprint density at radius 2 is 2.15 bits per heavy atom. The van der Waals surface area contributed by atoms with Crippen LogP contribution in [0.5, 0.6) is 0 Å². The summed E-state index contributed by atoms with van der Waals surface area (Å²) in [5.41, 5.74) is 5.71. The van der Waals surface area contributed by atoms with E-state index in [2.05, 4.69) is 4.98 Å². The van der Waals surface area contributed by atoms with Gasteiger partial charge < -0.3 is 10.2 Å². The SMILES string of the molecule is Cc1nc(Sc2ccc(C(N)=O)cc2[N+](=O)[O-])oc1C. The standard InChI is InChI=1S/C12H11N3O4S/c1-6-7(2)19-12(14-6)20-10-4-3-8(11(13)16)5-9(10)15(17)18/h3-5H,1-2H3,(H2,13,16). The summed E-state index contributed by atoms with van der Waals surface area (Å²) in [6, 6.07) is 4.03. The molecule has 0 bridgehead atoms. The van der Waals surface area contributed by atoms with Crippen LogP contribution in [0.4, 0.5) is 5.69 Å². The molecular formula is C12H11N3O4S. The van der Waals surface area contributed by atoms with E-state index >= 15 is 0 Å². The zero-order valence-corrected chi connectivity index (χ0v) is 11.6. The number of nitrogens with two attached hydrogens (primary N) is 1. The quantitative estimate of drug-likeness (QED) is 0.684. The average Bonchev–Trinajstić information content (AvgIpc) is 2.68. The van der Waals surface area contributed by atoms with E-state index in [9.17, 15) is 14.9 Å². The fraction of sp³-hybridized carbons (Fsp3) is 0.167. The number of aromatic nitrogens is 1. The molecule has 20 heavy (non-hydrogen) atoms. The molecule has 1 amide bonds. The highest BCUT2D eigenvalue weighted by Crippen LogP contribution is 2.35. The number of nitro benzene ring substituents is 1. The van der Waals surface area contributed by atoms with E-state index in [4.69, 9.17) is 10.2 Å². The minimum absolute atomic E-state index is 0.0841. The Morgan fingerprint density at radius 1 is 1.45 bits per heavy atom. The molecule has 0 unspecified atom stereocenters. The molecule has 2 rings (SSSR count). The maximum atomic E-state index is 11.1. The second-order valence-corrected chi connectivity index (χ2v) is 5.02. The number of aryl methyl sites for hydroxylation is 2. The molecule has 0 spiro atoms. The highest BCUT2D eigenvalue weighted by atomic mass is 32.2. The molecule has 0 fully saturated rings. The van der Waals surface area contributed by atoms with Crippen molar-refractivity contribution in [2.45, 2.75) is 24.0 Å². The van der Waals surface area contributed by atoms with Gasteiger partial charge in [0.1, 0.15) is 5.76 Å². The second-order valence-electron chi connectivity index (χ2n) is 4.03. The number of nitrogens with zero attached hydrogens (tertiary/aromatic N) is 2. The maximum Gasteiger partial charge on any atom is 0.284 e. The van der Waals surface area contributed by atoms with Crippen molar-refractivity contribution in [3.8, 4) is 0 Å². The molecule has 0 aliphatic heterocycles. The highest BCUT2D eigenvalue weighted by Gasteiger charge is 2.19. The molecule has 0 radical (unpaired) electrons. The van der Waals surface area contributed by atoms with E-state index in [0.29, 0.717) is 15.9 Å². The summed E-state index contributed by atoms with van der Waals surface area (Å²) in [5.74, 6) is -0.0589. The first-order valence-corrected chi connectivity index (χ1v) is 6.40. The molecule has 2 aromatic rings. The molecule has 1 heterocycles. The first kappa shape index (κ1) is 14.1. The molecule has 0 aliphatic rings. The van der Waals surface area contributed by atoms with Crippen molar-refractivity contribution < 1.29 is 14.1 Å². The van der Waals surface area contributed by atoms with Gasteiger partial charge in [0.05, 0.1) is 15.5 Å². The van der Waals surface area contributed by atoms with Crippen molar-refractivity contribution in [2.24, 2.45) is 5.73 Å². The van der Waals surface area contributed by atoms with Gasteiger partial charge in [0, 0.05) is 11.6 Å². The summed E-state index contributed by atoms with van der Waals surface area (Å²) < 4.78 is 5.37. The summed E-state index contributed by atoms with van der Waals surface area (Å²) in [7, 11) is 0. The molecule has 1 aromatic carbocycles. The summed E-state index contributed by atoms with van der Waals surface area (Å²) in [5, 5.41) is 11.4. The number of carbonyl (C=O) groups is 1. The largest absolute Gasteiger partial charge is 0.436 e. The van der Waals surface area contributed by atoms with Crippen LogP contribution in [0.15, 0.2) is 32.7 Å². The van der Waals surface area contributed by atoms with Gasteiger partial charge in [-0.25, -0.2) is 4.98 Å². The smallest absolute Gasteiger partial charge is 0.284 e. The molecule has 1 aromatic heterocycles. The number of primary amides is 1. The van der Waals surface area contributed by atoms with Crippen molar-refractivity contribution in [3.05, 3.63) is 45.3 Å². The van der Waals surface area contributed by atoms with Crippen molar-refractivity contribution in [1.82, 2.24) is 4.98 Å². The Kier molecular flexibility index (Phi) is 3.75. The first-order chi connectivity index (χ1) is 9.38. The van der Waals surface area contributed by atoms with Gasteiger partial charge in [-0.1, -0.05) is 0 Å². The summed E-state index contributed by atoms with van der Waals surface area (Å²) >= 11 is 1.03. The Hall–Kier alpha value is -2.35. The Balaban J connectivity index is 2.40. The molecule has 0 atom stereocenters. The lowest BCUT2D eigenvalue weighted by Gasteiger charge is -2.01. The fourth-order valence-electron chi connectivity index (χ4n) is 1.48. The van der Waals surface area contributed by atoms with Gasteiger partial charge in [-0.15, -0.1) is 0 Å². The van der Waals surface area contributed by atoms with Crippen molar-refractivity contribution in [2.75, 3.05) is 0 Å². The first-order valence-electron chi connectivity index (χ1n) is 5.58. The van der Waals surface area contributed by atoms with Gasteiger partial charge >= 0.3 is 0 Å². The molecule has 0 aliphatic carbocycles. The lowest BCUT2D eigenvalue weighted by atomic mass is 10.2. The van der Waals surface area contributed by atoms with E-state index < -0.39 is 10.8 Å². The third-order valence-corrected chi connectivity index (χ3v) is 3.56. The van der Waals surface area contributed by atoms with Gasteiger partial charge in [0.15, 0.2) is 0 Å². The van der Waals surface area contributed by atoms with Gasteiger partial charge in [0.2, 0.25) is 5.91 Å². The van der Waals surface area contributed by atoms with Crippen LogP contribution in [0.25, 0.3) is 0 Å². The number of amides is 1. The predicted octanol–water partition coefficient (Wildman–Crippen LogP) is 2.45. The maximum absolute atomic E-state index is 11.1. The van der Waals surface area contributed by atoms with Crippen LogP contribution in [-0.2, 0) is 0 Å². The van der Waals surface area contributed by atoms with Crippen LogP contribution in [0.1, 0.15) is 21.8 Å².